The van der Waals surface area contributed by atoms with Crippen LogP contribution in [0.1, 0.15) is 23.1 Å². The molecule has 1 N–H and O–H groups in total. The fourth-order valence-electron chi connectivity index (χ4n) is 4.36. The van der Waals surface area contributed by atoms with Crippen LogP contribution in [0.3, 0.4) is 0 Å². The molecule has 1 aromatic heterocycles. The molecular formula is C19H26N6O. The summed E-state index contributed by atoms with van der Waals surface area (Å²) in [5, 5.41) is 7.42. The molecule has 0 saturated carbocycles. The number of carbonyl (C=O) groups is 1. The summed E-state index contributed by atoms with van der Waals surface area (Å²) in [6.45, 7) is 6.29. The lowest BCUT2D eigenvalue weighted by molar-refractivity contribution is 0.0159. The first kappa shape index (κ1) is 17.0. The molecule has 4 rings (SSSR count). The van der Waals surface area contributed by atoms with E-state index in [1.54, 1.807) is 19.0 Å². The van der Waals surface area contributed by atoms with Crippen LogP contribution in [0.4, 0.5) is 4.79 Å². The zero-order valence-electron chi connectivity index (χ0n) is 15.6. The van der Waals surface area contributed by atoms with Gasteiger partial charge in [0.2, 0.25) is 0 Å². The largest absolute Gasteiger partial charge is 0.331 e. The van der Waals surface area contributed by atoms with E-state index in [0.717, 1.165) is 44.4 Å². The molecule has 3 heterocycles. The fraction of sp³-hybridized carbons (Fsp3) is 0.526. The van der Waals surface area contributed by atoms with E-state index in [1.165, 1.54) is 5.56 Å². The summed E-state index contributed by atoms with van der Waals surface area (Å²) in [6, 6.07) is 10.6. The lowest BCUT2D eigenvalue weighted by Gasteiger charge is -2.51. The number of aromatic nitrogens is 3. The molecule has 2 aliphatic rings. The van der Waals surface area contributed by atoms with Crippen molar-refractivity contribution in [1.29, 1.82) is 0 Å². The molecule has 7 heteroatoms. The van der Waals surface area contributed by atoms with Crippen LogP contribution in [0.25, 0.3) is 0 Å². The van der Waals surface area contributed by atoms with Gasteiger partial charge in [-0.25, -0.2) is 9.78 Å². The molecule has 1 unspecified atom stereocenters. The Labute approximate surface area is 154 Å². The minimum absolute atomic E-state index is 0.0507. The molecule has 7 nitrogen and oxygen atoms in total. The molecule has 26 heavy (non-hydrogen) atoms. The smallest absolute Gasteiger partial charge is 0.319 e. The molecular weight excluding hydrogens is 328 g/mol. The molecule has 0 bridgehead atoms. The number of carbonyl (C=O) groups excluding carboxylic acids is 1. The normalized spacial score (nSPS) is 21.8. The molecule has 2 saturated heterocycles. The first-order valence-corrected chi connectivity index (χ1v) is 9.08. The highest BCUT2D eigenvalue weighted by molar-refractivity contribution is 5.75. The van der Waals surface area contributed by atoms with E-state index in [-0.39, 0.29) is 17.4 Å². The maximum absolute atomic E-state index is 12.3. The summed E-state index contributed by atoms with van der Waals surface area (Å²) in [4.78, 5) is 22.9. The quantitative estimate of drug-likeness (QED) is 0.911. The van der Waals surface area contributed by atoms with Gasteiger partial charge in [-0.2, -0.15) is 5.10 Å². The van der Waals surface area contributed by atoms with E-state index in [2.05, 4.69) is 44.3 Å². The Bertz CT molecular complexity index is 780. The Hall–Kier alpha value is -2.41. The third-order valence-electron chi connectivity index (χ3n) is 5.56. The number of hydrogen-bond acceptors (Lipinski definition) is 4. The highest BCUT2D eigenvalue weighted by Gasteiger charge is 2.57. The van der Waals surface area contributed by atoms with Crippen molar-refractivity contribution in [1.82, 2.24) is 29.9 Å². The Kier molecular flexibility index (Phi) is 4.19. The zero-order valence-corrected chi connectivity index (χ0v) is 15.6. The molecule has 2 amide bonds. The van der Waals surface area contributed by atoms with Crippen LogP contribution in [0.15, 0.2) is 30.3 Å². The predicted molar refractivity (Wildman–Crippen MR) is 98.7 cm³/mol. The summed E-state index contributed by atoms with van der Waals surface area (Å²) in [7, 11) is 3.61. The van der Waals surface area contributed by atoms with Crippen LogP contribution in [0.5, 0.6) is 0 Å². The van der Waals surface area contributed by atoms with Gasteiger partial charge in [-0.1, -0.05) is 30.3 Å². The third kappa shape index (κ3) is 2.96. The van der Waals surface area contributed by atoms with Crippen molar-refractivity contribution >= 4 is 6.03 Å². The number of nitrogens with one attached hydrogen (secondary N) is 1. The second kappa shape index (κ2) is 6.39. The number of nitrogens with zero attached hydrogens (tertiary/aromatic N) is 5. The number of urea groups is 1. The number of aromatic amines is 1. The maximum atomic E-state index is 12.3. The van der Waals surface area contributed by atoms with Crippen LogP contribution in [-0.4, -0.2) is 76.2 Å². The van der Waals surface area contributed by atoms with Crippen molar-refractivity contribution in [3.63, 3.8) is 0 Å². The average Bonchev–Trinajstić information content (AvgIpc) is 3.17. The molecule has 138 valence electrons. The highest BCUT2D eigenvalue weighted by atomic mass is 16.2. The summed E-state index contributed by atoms with van der Waals surface area (Å²) in [6.07, 6.45) is 0. The number of rotatable bonds is 3. The topological polar surface area (TPSA) is 68.4 Å². The van der Waals surface area contributed by atoms with Crippen molar-refractivity contribution in [2.45, 2.75) is 19.4 Å². The van der Waals surface area contributed by atoms with Gasteiger partial charge in [-0.3, -0.25) is 10.00 Å². The van der Waals surface area contributed by atoms with Gasteiger partial charge in [-0.05, 0) is 12.5 Å². The van der Waals surface area contributed by atoms with Crippen molar-refractivity contribution < 1.29 is 4.79 Å². The van der Waals surface area contributed by atoms with Crippen LogP contribution >= 0.6 is 0 Å². The lowest BCUT2D eigenvalue weighted by atomic mass is 9.71. The highest BCUT2D eigenvalue weighted by Crippen LogP contribution is 2.48. The second-order valence-corrected chi connectivity index (χ2v) is 7.88. The van der Waals surface area contributed by atoms with Crippen LogP contribution in [-0.2, 0) is 6.54 Å². The van der Waals surface area contributed by atoms with Crippen molar-refractivity contribution in [3.8, 4) is 0 Å². The molecule has 1 aromatic carbocycles. The maximum Gasteiger partial charge on any atom is 0.319 e. The van der Waals surface area contributed by atoms with Gasteiger partial charge in [-0.15, -0.1) is 0 Å². The fourth-order valence-corrected chi connectivity index (χ4v) is 4.36. The van der Waals surface area contributed by atoms with E-state index in [9.17, 15) is 4.79 Å². The first-order chi connectivity index (χ1) is 12.5. The zero-order chi connectivity index (χ0) is 18.3. The van der Waals surface area contributed by atoms with Gasteiger partial charge in [0.05, 0.1) is 0 Å². The molecule has 1 atom stereocenters. The number of aryl methyl sites for hydroxylation is 1. The number of hydrogen-bond donors (Lipinski definition) is 1. The second-order valence-electron chi connectivity index (χ2n) is 7.88. The molecule has 0 radical (unpaired) electrons. The molecule has 1 spiro atoms. The summed E-state index contributed by atoms with van der Waals surface area (Å²) in [5.41, 5.74) is 1.37. The number of benzene rings is 1. The summed E-state index contributed by atoms with van der Waals surface area (Å²) < 4.78 is 0. The van der Waals surface area contributed by atoms with E-state index >= 15 is 0 Å². The van der Waals surface area contributed by atoms with Crippen LogP contribution in [0.2, 0.25) is 0 Å². The standard InChI is InChI=1S/C19H26N6O/c1-14-20-17(22-21-14)16-10-24(9-15-7-5-4-6-8-15)11-19(16)12-25(13-19)18(26)23(2)3/h4-8,16H,9-13H2,1-3H3,(H,20,21,22). The van der Waals surface area contributed by atoms with Gasteiger partial charge in [0, 0.05) is 58.2 Å². The lowest BCUT2D eigenvalue weighted by Crippen LogP contribution is -2.63. The van der Waals surface area contributed by atoms with Crippen LogP contribution in [0, 0.1) is 12.3 Å². The summed E-state index contributed by atoms with van der Waals surface area (Å²) >= 11 is 0. The van der Waals surface area contributed by atoms with Gasteiger partial charge in [0.25, 0.3) is 0 Å². The van der Waals surface area contributed by atoms with Crippen LogP contribution < -0.4 is 0 Å². The SMILES string of the molecule is Cc1nc(C2CN(Cc3ccccc3)CC23CN(C(=O)N(C)C)C3)n[nH]1. The first-order valence-electron chi connectivity index (χ1n) is 9.08. The van der Waals surface area contributed by atoms with Gasteiger partial charge < -0.3 is 9.80 Å². The average molecular weight is 354 g/mol. The Morgan fingerprint density at radius 3 is 2.62 bits per heavy atom. The van der Waals surface area contributed by atoms with Crippen molar-refractivity contribution in [2.75, 3.05) is 40.3 Å². The van der Waals surface area contributed by atoms with Gasteiger partial charge in [0.1, 0.15) is 5.82 Å². The van der Waals surface area contributed by atoms with Gasteiger partial charge in [0.15, 0.2) is 5.82 Å². The van der Waals surface area contributed by atoms with Crippen molar-refractivity contribution in [3.05, 3.63) is 47.5 Å². The molecule has 2 aromatic rings. The van der Waals surface area contributed by atoms with E-state index < -0.39 is 0 Å². The van der Waals surface area contributed by atoms with Crippen molar-refractivity contribution in [2.24, 2.45) is 5.41 Å². The Morgan fingerprint density at radius 1 is 1.27 bits per heavy atom. The van der Waals surface area contributed by atoms with E-state index in [4.69, 9.17) is 0 Å². The third-order valence-corrected chi connectivity index (χ3v) is 5.56. The minimum atomic E-state index is 0.0507. The monoisotopic (exact) mass is 354 g/mol. The number of amides is 2. The Balaban J connectivity index is 1.54. The molecule has 0 aliphatic carbocycles. The van der Waals surface area contributed by atoms with Gasteiger partial charge >= 0.3 is 6.03 Å². The minimum Gasteiger partial charge on any atom is -0.331 e. The Morgan fingerprint density at radius 2 is 2.00 bits per heavy atom. The van der Waals surface area contributed by atoms with E-state index in [0.29, 0.717) is 0 Å². The molecule has 2 fully saturated rings. The molecule has 2 aliphatic heterocycles. The number of likely N-dealkylation sites (tertiary alicyclic amines) is 2. The summed E-state index contributed by atoms with van der Waals surface area (Å²) in [5.74, 6) is 1.98. The predicted octanol–water partition coefficient (Wildman–Crippen LogP) is 1.70. The number of H-pyrrole nitrogens is 1. The van der Waals surface area contributed by atoms with E-state index in [1.807, 2.05) is 17.9 Å².